The second kappa shape index (κ2) is 4.89. The summed E-state index contributed by atoms with van der Waals surface area (Å²) >= 11 is 0. The summed E-state index contributed by atoms with van der Waals surface area (Å²) in [6.45, 7) is 7.20. The molecule has 0 aromatic heterocycles. The molecule has 3 unspecified atom stereocenters. The van der Waals surface area contributed by atoms with E-state index in [0.717, 1.165) is 17.8 Å². The lowest BCUT2D eigenvalue weighted by Crippen LogP contribution is -2.10. The molecule has 0 heterocycles. The van der Waals surface area contributed by atoms with Crippen LogP contribution in [0.1, 0.15) is 59.3 Å². The monoisotopic (exact) mass is 168 g/mol. The van der Waals surface area contributed by atoms with E-state index in [1.54, 1.807) is 0 Å². The molecule has 0 aromatic rings. The third kappa shape index (κ3) is 2.80. The van der Waals surface area contributed by atoms with Crippen molar-refractivity contribution in [1.29, 1.82) is 0 Å². The van der Waals surface area contributed by atoms with Crippen LogP contribution in [0.15, 0.2) is 0 Å². The van der Waals surface area contributed by atoms with Crippen LogP contribution in [0.3, 0.4) is 0 Å². The van der Waals surface area contributed by atoms with Gasteiger partial charge in [-0.1, -0.05) is 52.9 Å². The van der Waals surface area contributed by atoms with Crippen LogP contribution in [0, 0.1) is 17.8 Å². The molecule has 1 aliphatic rings. The highest BCUT2D eigenvalue weighted by Crippen LogP contribution is 2.34. The molecule has 0 heteroatoms. The smallest absolute Gasteiger partial charge is 0.0388 e. The molecule has 0 amide bonds. The molecule has 0 aromatic carbocycles. The predicted octanol–water partition coefficient (Wildman–Crippen LogP) is 4.25. The van der Waals surface area contributed by atoms with Crippen LogP contribution in [-0.2, 0) is 0 Å². The highest BCUT2D eigenvalue weighted by molar-refractivity contribution is 4.73. The zero-order valence-electron chi connectivity index (χ0n) is 8.97. The lowest BCUT2D eigenvalue weighted by atomic mass is 9.85. The maximum atomic E-state index is 2.46. The van der Waals surface area contributed by atoms with Gasteiger partial charge < -0.3 is 0 Å². The quantitative estimate of drug-likeness (QED) is 0.541. The first-order valence-corrected chi connectivity index (χ1v) is 5.74. The standard InChI is InChI=1S/C12H24/c1-4-6-12-8-5-7-10(2)9-11(12)3/h10-12H,4-9H2,1-3H3. The number of hydrogen-bond acceptors (Lipinski definition) is 0. The third-order valence-electron chi connectivity index (χ3n) is 3.51. The molecule has 0 nitrogen and oxygen atoms in total. The molecule has 0 spiro atoms. The SMILES string of the molecule is CCCC1CCCC(C)CC1C. The Bertz CT molecular complexity index is 117. The van der Waals surface area contributed by atoms with Crippen LogP contribution in [0.4, 0.5) is 0 Å². The highest BCUT2D eigenvalue weighted by atomic mass is 14.3. The van der Waals surface area contributed by atoms with Gasteiger partial charge in [0.05, 0.1) is 0 Å². The van der Waals surface area contributed by atoms with Gasteiger partial charge in [-0.05, 0) is 24.2 Å². The minimum atomic E-state index is 0.988. The fraction of sp³-hybridized carbons (Fsp3) is 1.00. The van der Waals surface area contributed by atoms with Crippen molar-refractivity contribution in [1.82, 2.24) is 0 Å². The topological polar surface area (TPSA) is 0 Å². The van der Waals surface area contributed by atoms with Crippen LogP contribution in [0.2, 0.25) is 0 Å². The van der Waals surface area contributed by atoms with E-state index < -0.39 is 0 Å². The molecule has 0 N–H and O–H groups in total. The molecule has 0 radical (unpaired) electrons. The van der Waals surface area contributed by atoms with Crippen molar-refractivity contribution < 1.29 is 0 Å². The van der Waals surface area contributed by atoms with Crippen molar-refractivity contribution >= 4 is 0 Å². The van der Waals surface area contributed by atoms with Gasteiger partial charge in [-0.25, -0.2) is 0 Å². The Balaban J connectivity index is 2.40. The largest absolute Gasteiger partial charge is 0.0654 e. The van der Waals surface area contributed by atoms with Crippen molar-refractivity contribution in [3.63, 3.8) is 0 Å². The molecule has 1 rings (SSSR count). The summed E-state index contributed by atoms with van der Waals surface area (Å²) in [7, 11) is 0. The van der Waals surface area contributed by atoms with Gasteiger partial charge in [0.15, 0.2) is 0 Å². The van der Waals surface area contributed by atoms with Gasteiger partial charge in [-0.15, -0.1) is 0 Å². The van der Waals surface area contributed by atoms with Gasteiger partial charge in [0.25, 0.3) is 0 Å². The van der Waals surface area contributed by atoms with E-state index in [4.69, 9.17) is 0 Å². The zero-order valence-corrected chi connectivity index (χ0v) is 8.97. The Hall–Kier alpha value is 0. The normalized spacial score (nSPS) is 37.8. The number of rotatable bonds is 2. The molecule has 0 saturated heterocycles. The molecular weight excluding hydrogens is 144 g/mol. The minimum Gasteiger partial charge on any atom is -0.0654 e. The Morgan fingerprint density at radius 1 is 1.17 bits per heavy atom. The Kier molecular flexibility index (Phi) is 4.11. The van der Waals surface area contributed by atoms with Crippen LogP contribution >= 0.6 is 0 Å². The Morgan fingerprint density at radius 2 is 1.92 bits per heavy atom. The average molecular weight is 168 g/mol. The van der Waals surface area contributed by atoms with E-state index in [9.17, 15) is 0 Å². The van der Waals surface area contributed by atoms with E-state index in [1.807, 2.05) is 0 Å². The van der Waals surface area contributed by atoms with Crippen molar-refractivity contribution in [2.45, 2.75) is 59.3 Å². The van der Waals surface area contributed by atoms with Crippen LogP contribution in [0.5, 0.6) is 0 Å². The highest BCUT2D eigenvalue weighted by Gasteiger charge is 2.21. The zero-order chi connectivity index (χ0) is 8.97. The van der Waals surface area contributed by atoms with E-state index in [-0.39, 0.29) is 0 Å². The van der Waals surface area contributed by atoms with Gasteiger partial charge >= 0.3 is 0 Å². The first-order valence-electron chi connectivity index (χ1n) is 5.74. The van der Waals surface area contributed by atoms with E-state index in [0.29, 0.717) is 0 Å². The van der Waals surface area contributed by atoms with Gasteiger partial charge in [0.2, 0.25) is 0 Å². The molecule has 1 fully saturated rings. The van der Waals surface area contributed by atoms with Crippen LogP contribution in [0.25, 0.3) is 0 Å². The average Bonchev–Trinajstić information content (AvgIpc) is 2.15. The summed E-state index contributed by atoms with van der Waals surface area (Å²) in [6.07, 6.45) is 8.78. The van der Waals surface area contributed by atoms with Gasteiger partial charge in [-0.2, -0.15) is 0 Å². The molecule has 0 aliphatic heterocycles. The summed E-state index contributed by atoms with van der Waals surface area (Å²) in [6, 6.07) is 0. The van der Waals surface area contributed by atoms with Gasteiger partial charge in [0, 0.05) is 0 Å². The Morgan fingerprint density at radius 3 is 2.58 bits per heavy atom. The molecule has 3 atom stereocenters. The van der Waals surface area contributed by atoms with Gasteiger partial charge in [-0.3, -0.25) is 0 Å². The summed E-state index contributed by atoms with van der Waals surface area (Å²) in [5, 5.41) is 0. The fourth-order valence-electron chi connectivity index (χ4n) is 2.76. The van der Waals surface area contributed by atoms with E-state index >= 15 is 0 Å². The molecule has 1 aliphatic carbocycles. The second-order valence-corrected chi connectivity index (χ2v) is 4.80. The maximum Gasteiger partial charge on any atom is -0.0388 e. The molecular formula is C12H24. The summed E-state index contributed by atoms with van der Waals surface area (Å²) < 4.78 is 0. The third-order valence-corrected chi connectivity index (χ3v) is 3.51. The first-order chi connectivity index (χ1) is 5.74. The van der Waals surface area contributed by atoms with Crippen molar-refractivity contribution in [3.8, 4) is 0 Å². The molecule has 72 valence electrons. The van der Waals surface area contributed by atoms with Crippen LogP contribution in [-0.4, -0.2) is 0 Å². The van der Waals surface area contributed by atoms with E-state index in [2.05, 4.69) is 20.8 Å². The van der Waals surface area contributed by atoms with Gasteiger partial charge in [0.1, 0.15) is 0 Å². The Labute approximate surface area is 77.7 Å². The maximum absolute atomic E-state index is 2.46. The number of hydrogen-bond donors (Lipinski definition) is 0. The van der Waals surface area contributed by atoms with Crippen molar-refractivity contribution in [3.05, 3.63) is 0 Å². The predicted molar refractivity (Wildman–Crippen MR) is 55.2 cm³/mol. The summed E-state index contributed by atoms with van der Waals surface area (Å²) in [5.74, 6) is 3.02. The van der Waals surface area contributed by atoms with Crippen molar-refractivity contribution in [2.75, 3.05) is 0 Å². The van der Waals surface area contributed by atoms with E-state index in [1.165, 1.54) is 38.5 Å². The summed E-state index contributed by atoms with van der Waals surface area (Å²) in [5.41, 5.74) is 0. The fourth-order valence-corrected chi connectivity index (χ4v) is 2.76. The van der Waals surface area contributed by atoms with Crippen LogP contribution < -0.4 is 0 Å². The molecule has 12 heavy (non-hydrogen) atoms. The molecule has 0 bridgehead atoms. The lowest BCUT2D eigenvalue weighted by Gasteiger charge is -2.21. The molecule has 1 saturated carbocycles. The second-order valence-electron chi connectivity index (χ2n) is 4.80. The van der Waals surface area contributed by atoms with Crippen molar-refractivity contribution in [2.24, 2.45) is 17.8 Å². The minimum absolute atomic E-state index is 0.988. The lowest BCUT2D eigenvalue weighted by molar-refractivity contribution is 0.299. The summed E-state index contributed by atoms with van der Waals surface area (Å²) in [4.78, 5) is 0. The first kappa shape index (κ1) is 10.1.